The van der Waals surface area contributed by atoms with Crippen LogP contribution in [0.5, 0.6) is 0 Å². The number of amides is 1. The Morgan fingerprint density at radius 3 is 2.71 bits per heavy atom. The minimum absolute atomic E-state index is 0.00510. The maximum absolute atomic E-state index is 12.7. The van der Waals surface area contributed by atoms with E-state index in [9.17, 15) is 9.59 Å². The molecule has 2 aliphatic heterocycles. The molecule has 0 aromatic heterocycles. The van der Waals surface area contributed by atoms with Crippen molar-refractivity contribution in [3.05, 3.63) is 46.5 Å². The number of ether oxygens (including phenoxy) is 1. The molecule has 1 aromatic carbocycles. The predicted molar refractivity (Wildman–Crippen MR) is 121 cm³/mol. The van der Waals surface area contributed by atoms with Gasteiger partial charge in [-0.2, -0.15) is 0 Å². The highest BCUT2D eigenvalue weighted by Crippen LogP contribution is 2.21. The summed E-state index contributed by atoms with van der Waals surface area (Å²) < 4.78 is 5.47. The predicted octanol–water partition coefficient (Wildman–Crippen LogP) is 4.52. The van der Waals surface area contributed by atoms with Crippen LogP contribution in [0.3, 0.4) is 0 Å². The van der Waals surface area contributed by atoms with E-state index in [1.54, 1.807) is 0 Å². The Balaban J connectivity index is 1.77. The van der Waals surface area contributed by atoms with Crippen LogP contribution in [0.4, 0.5) is 0 Å². The molecule has 1 saturated heterocycles. The van der Waals surface area contributed by atoms with Crippen LogP contribution in [0, 0.1) is 13.8 Å². The fraction of sp³-hybridized carbons (Fsp3) is 0.560. The second-order valence-corrected chi connectivity index (χ2v) is 8.48. The number of rotatable bonds is 3. The molecule has 0 unspecified atom stereocenters. The van der Waals surface area contributed by atoms with E-state index in [4.69, 9.17) is 9.57 Å². The summed E-state index contributed by atoms with van der Waals surface area (Å²) in [5, 5.41) is 4.35. The summed E-state index contributed by atoms with van der Waals surface area (Å²) in [6, 6.07) is 4.02. The number of likely N-dealkylation sites (tertiary alicyclic amines) is 1. The van der Waals surface area contributed by atoms with Gasteiger partial charge in [-0.15, -0.1) is 0 Å². The Morgan fingerprint density at radius 2 is 1.90 bits per heavy atom. The number of cyclic esters (lactones) is 1. The van der Waals surface area contributed by atoms with Gasteiger partial charge in [0, 0.05) is 19.5 Å². The molecule has 3 rings (SSSR count). The molecule has 0 radical (unpaired) electrons. The van der Waals surface area contributed by atoms with Crippen molar-refractivity contribution in [1.82, 2.24) is 4.90 Å². The zero-order chi connectivity index (χ0) is 22.1. The van der Waals surface area contributed by atoms with Crippen LogP contribution in [0.25, 0.3) is 0 Å². The number of hydrogen-bond acceptors (Lipinski definition) is 5. The van der Waals surface area contributed by atoms with E-state index in [0.29, 0.717) is 12.0 Å². The number of hydrogen-bond donors (Lipinski definition) is 0. The molecule has 0 spiro atoms. The van der Waals surface area contributed by atoms with Gasteiger partial charge in [0.15, 0.2) is 6.61 Å². The summed E-state index contributed by atoms with van der Waals surface area (Å²) in [7, 11) is 0. The molecule has 31 heavy (non-hydrogen) atoms. The molecule has 2 aliphatic rings. The Kier molecular flexibility index (Phi) is 8.68. The molecule has 1 fully saturated rings. The Morgan fingerprint density at radius 1 is 1.10 bits per heavy atom. The fourth-order valence-corrected chi connectivity index (χ4v) is 4.26. The number of allylic oxidation sites excluding steroid dienone is 1. The van der Waals surface area contributed by atoms with Crippen molar-refractivity contribution in [2.75, 3.05) is 26.3 Å². The molecule has 2 heterocycles. The lowest BCUT2D eigenvalue weighted by Gasteiger charge is -2.26. The van der Waals surface area contributed by atoms with Crippen LogP contribution in [0.1, 0.15) is 72.0 Å². The smallest absolute Gasteiger partial charge is 0.339 e. The fourth-order valence-electron chi connectivity index (χ4n) is 4.26. The third-order valence-corrected chi connectivity index (χ3v) is 5.81. The van der Waals surface area contributed by atoms with Gasteiger partial charge in [-0.1, -0.05) is 35.0 Å². The van der Waals surface area contributed by atoms with E-state index in [1.807, 2.05) is 37.0 Å². The lowest BCUT2D eigenvalue weighted by molar-refractivity contribution is -0.137. The van der Waals surface area contributed by atoms with Gasteiger partial charge in [0.2, 0.25) is 0 Å². The molecule has 6 heteroatoms. The van der Waals surface area contributed by atoms with Gasteiger partial charge in [-0.25, -0.2) is 4.79 Å². The van der Waals surface area contributed by atoms with E-state index < -0.39 is 0 Å². The van der Waals surface area contributed by atoms with E-state index in [0.717, 1.165) is 74.0 Å². The summed E-state index contributed by atoms with van der Waals surface area (Å²) in [6.45, 7) is 5.82. The minimum atomic E-state index is -0.308. The highest BCUT2D eigenvalue weighted by molar-refractivity contribution is 5.96. The number of carbonyl (C=O) groups excluding carboxylic acids is 2. The van der Waals surface area contributed by atoms with Crippen molar-refractivity contribution in [1.29, 1.82) is 0 Å². The first-order chi connectivity index (χ1) is 15.0. The highest BCUT2D eigenvalue weighted by Gasteiger charge is 2.19. The summed E-state index contributed by atoms with van der Waals surface area (Å²) in [4.78, 5) is 32.5. The summed E-state index contributed by atoms with van der Waals surface area (Å²) in [5.74, 6) is -0.313. The highest BCUT2D eigenvalue weighted by atomic mass is 16.6. The molecule has 168 valence electrons. The standard InChI is InChI=1S/C25H34N2O4/c1-19-15-20(2)24-21(16-19)17-22(11-7-4-3-5-10-14-30-25(24)29)26-31-18-23(28)27-12-8-6-9-13-27/h5,10,15-16H,3-4,6-9,11-14,17-18H2,1-2H3/b10-5+,26-22-. The first-order valence-corrected chi connectivity index (χ1v) is 11.4. The second-order valence-electron chi connectivity index (χ2n) is 8.48. The lowest BCUT2D eigenvalue weighted by Crippen LogP contribution is -2.37. The van der Waals surface area contributed by atoms with Gasteiger partial charge in [-0.05, 0) is 69.9 Å². The molecule has 0 N–H and O–H groups in total. The minimum Gasteiger partial charge on any atom is -0.458 e. The number of carbonyl (C=O) groups is 2. The average Bonchev–Trinajstić information content (AvgIpc) is 2.76. The van der Waals surface area contributed by atoms with Crippen molar-refractivity contribution >= 4 is 17.6 Å². The maximum atomic E-state index is 12.7. The molecular weight excluding hydrogens is 392 g/mol. The van der Waals surface area contributed by atoms with Crippen LogP contribution < -0.4 is 0 Å². The molecule has 0 atom stereocenters. The first kappa shape index (κ1) is 23.0. The topological polar surface area (TPSA) is 68.2 Å². The molecule has 0 bridgehead atoms. The number of benzene rings is 1. The van der Waals surface area contributed by atoms with Crippen LogP contribution in [-0.4, -0.2) is 48.8 Å². The lowest BCUT2D eigenvalue weighted by atomic mass is 9.94. The third-order valence-electron chi connectivity index (χ3n) is 5.81. The monoisotopic (exact) mass is 426 g/mol. The summed E-state index contributed by atoms with van der Waals surface area (Å²) in [5.41, 5.74) is 4.35. The van der Waals surface area contributed by atoms with E-state index in [2.05, 4.69) is 11.2 Å². The van der Waals surface area contributed by atoms with Crippen LogP contribution in [-0.2, 0) is 20.8 Å². The zero-order valence-electron chi connectivity index (χ0n) is 18.8. The second kappa shape index (κ2) is 11.7. The van der Waals surface area contributed by atoms with Crippen molar-refractivity contribution in [2.45, 2.75) is 65.2 Å². The Bertz CT molecular complexity index is 838. The van der Waals surface area contributed by atoms with Crippen LogP contribution in [0.15, 0.2) is 29.4 Å². The number of piperidine rings is 1. The quantitative estimate of drug-likeness (QED) is 0.405. The van der Waals surface area contributed by atoms with Gasteiger partial charge in [-0.3, -0.25) is 4.79 Å². The molecule has 1 aromatic rings. The number of esters is 1. The Hall–Kier alpha value is -2.63. The molecule has 0 aliphatic carbocycles. The number of fused-ring (bicyclic) bond motifs is 1. The SMILES string of the molecule is Cc1cc(C)c2c(c1)C/C(=N\OCC(=O)N1CCCCC1)CCCC/C=C/COC2=O. The van der Waals surface area contributed by atoms with Gasteiger partial charge >= 0.3 is 5.97 Å². The molecule has 6 nitrogen and oxygen atoms in total. The number of oxime groups is 1. The van der Waals surface area contributed by atoms with Gasteiger partial charge < -0.3 is 14.5 Å². The average molecular weight is 427 g/mol. The third kappa shape index (κ3) is 6.94. The van der Waals surface area contributed by atoms with Gasteiger partial charge in [0.05, 0.1) is 11.3 Å². The van der Waals surface area contributed by atoms with Gasteiger partial charge in [0.25, 0.3) is 5.91 Å². The first-order valence-electron chi connectivity index (χ1n) is 11.4. The van der Waals surface area contributed by atoms with Crippen molar-refractivity contribution in [2.24, 2.45) is 5.16 Å². The largest absolute Gasteiger partial charge is 0.458 e. The number of nitrogens with zero attached hydrogens (tertiary/aromatic N) is 2. The summed E-state index contributed by atoms with van der Waals surface area (Å²) >= 11 is 0. The maximum Gasteiger partial charge on any atom is 0.339 e. The van der Waals surface area contributed by atoms with E-state index in [1.165, 1.54) is 6.42 Å². The van der Waals surface area contributed by atoms with Gasteiger partial charge in [0.1, 0.15) is 6.61 Å². The molecular formula is C25H34N2O4. The van der Waals surface area contributed by atoms with Crippen molar-refractivity contribution in [3.63, 3.8) is 0 Å². The van der Waals surface area contributed by atoms with E-state index >= 15 is 0 Å². The number of aryl methyl sites for hydroxylation is 2. The summed E-state index contributed by atoms with van der Waals surface area (Å²) in [6.07, 6.45) is 11.5. The van der Waals surface area contributed by atoms with Crippen molar-refractivity contribution in [3.8, 4) is 0 Å². The zero-order valence-corrected chi connectivity index (χ0v) is 18.8. The Labute approximate surface area is 185 Å². The molecule has 1 amide bonds. The normalized spacial score (nSPS) is 20.6. The van der Waals surface area contributed by atoms with Crippen LogP contribution >= 0.6 is 0 Å². The van der Waals surface area contributed by atoms with Crippen molar-refractivity contribution < 1.29 is 19.2 Å². The van der Waals surface area contributed by atoms with E-state index in [-0.39, 0.29) is 25.1 Å². The van der Waals surface area contributed by atoms with Crippen LogP contribution in [0.2, 0.25) is 0 Å². The molecule has 0 saturated carbocycles.